The monoisotopic (exact) mass is 443 g/mol. The lowest BCUT2D eigenvalue weighted by molar-refractivity contribution is -0.110. The normalized spacial score (nSPS) is 20.8. The van der Waals surface area contributed by atoms with E-state index in [1.165, 1.54) is 11.3 Å². The molecule has 0 saturated carbocycles. The van der Waals surface area contributed by atoms with Gasteiger partial charge in [-0.2, -0.15) is 0 Å². The van der Waals surface area contributed by atoms with Gasteiger partial charge < -0.3 is 32.0 Å². The molecule has 33 heavy (non-hydrogen) atoms. The van der Waals surface area contributed by atoms with Crippen LogP contribution in [0.2, 0.25) is 0 Å². The molecule has 8 nitrogen and oxygen atoms in total. The molecule has 1 atom stereocenters. The summed E-state index contributed by atoms with van der Waals surface area (Å²) in [7, 11) is 0. The van der Waals surface area contributed by atoms with Gasteiger partial charge in [-0.1, -0.05) is 12.1 Å². The third-order valence-electron chi connectivity index (χ3n) is 6.23. The fourth-order valence-electron chi connectivity index (χ4n) is 4.54. The van der Waals surface area contributed by atoms with Gasteiger partial charge in [-0.15, -0.1) is 0 Å². The second kappa shape index (κ2) is 8.55. The molecule has 3 heterocycles. The number of benzene rings is 2. The number of rotatable bonds is 4. The molecule has 1 amide bonds. The van der Waals surface area contributed by atoms with Gasteiger partial charge in [0.1, 0.15) is 0 Å². The quantitative estimate of drug-likeness (QED) is 0.244. The topological polar surface area (TPSA) is 120 Å². The van der Waals surface area contributed by atoms with Crippen molar-refractivity contribution in [1.29, 1.82) is 0 Å². The van der Waals surface area contributed by atoms with Gasteiger partial charge in [-0.3, -0.25) is 4.79 Å². The summed E-state index contributed by atoms with van der Waals surface area (Å²) in [5.74, 6) is 5.78. The van der Waals surface area contributed by atoms with E-state index >= 15 is 0 Å². The molecule has 3 aliphatic rings. The lowest BCUT2D eigenvalue weighted by Crippen LogP contribution is -2.45. The van der Waals surface area contributed by atoms with Gasteiger partial charge in [0, 0.05) is 65.8 Å². The first-order chi connectivity index (χ1) is 16.0. The summed E-state index contributed by atoms with van der Waals surface area (Å²) in [5, 5.41) is 15.2. The Hall–Kier alpha value is -3.91. The highest BCUT2D eigenvalue weighted by molar-refractivity contribution is 6.32. The zero-order valence-electron chi connectivity index (χ0n) is 18.6. The van der Waals surface area contributed by atoms with Gasteiger partial charge in [-0.25, -0.2) is 5.84 Å². The van der Waals surface area contributed by atoms with E-state index in [-0.39, 0.29) is 5.91 Å². The Morgan fingerprint density at radius 3 is 2.85 bits per heavy atom. The fourth-order valence-corrected chi connectivity index (χ4v) is 4.54. The standard InChI is InChI=1S/C25H29N7O/c1-15(24-20-13-17(26)4-7-21(20)31-25(24)33)29-18-5-2-16(3-6-18)12-19-14-28-22-8-10-32(27)11-9-23(22)30-19/h2-8,10,13,19,28-30H,9,11-12,14,26-27H2,1H3,(H,31,33). The van der Waals surface area contributed by atoms with Crippen molar-refractivity contribution in [1.82, 2.24) is 15.6 Å². The summed E-state index contributed by atoms with van der Waals surface area (Å²) in [6.07, 6.45) is 5.74. The molecule has 0 spiro atoms. The number of carbonyl (C=O) groups excluding carboxylic acids is 1. The number of anilines is 3. The van der Waals surface area contributed by atoms with E-state index in [9.17, 15) is 4.79 Å². The molecular weight excluding hydrogens is 414 g/mol. The zero-order valence-corrected chi connectivity index (χ0v) is 18.6. The highest BCUT2D eigenvalue weighted by Gasteiger charge is 2.26. The second-order valence-electron chi connectivity index (χ2n) is 8.70. The predicted octanol–water partition coefficient (Wildman–Crippen LogP) is 2.47. The molecule has 0 aromatic heterocycles. The number of nitrogens with two attached hydrogens (primary N) is 2. The summed E-state index contributed by atoms with van der Waals surface area (Å²) in [6.45, 7) is 3.56. The lowest BCUT2D eigenvalue weighted by atomic mass is 10.0. The molecule has 8 N–H and O–H groups in total. The Morgan fingerprint density at radius 2 is 2.03 bits per heavy atom. The minimum atomic E-state index is -0.118. The predicted molar refractivity (Wildman–Crippen MR) is 132 cm³/mol. The number of hydrazine groups is 1. The first-order valence-electron chi connectivity index (χ1n) is 11.2. The minimum absolute atomic E-state index is 0.118. The molecule has 170 valence electrons. The maximum Gasteiger partial charge on any atom is 0.258 e. The number of nitrogen functional groups attached to an aromatic ring is 1. The van der Waals surface area contributed by atoms with Crippen LogP contribution in [0.5, 0.6) is 0 Å². The highest BCUT2D eigenvalue weighted by Crippen LogP contribution is 2.35. The van der Waals surface area contributed by atoms with Crippen molar-refractivity contribution in [2.75, 3.05) is 29.5 Å². The molecule has 1 unspecified atom stereocenters. The Morgan fingerprint density at radius 1 is 1.21 bits per heavy atom. The molecular formula is C25H29N7O. The number of allylic oxidation sites excluding steroid dienone is 2. The van der Waals surface area contributed by atoms with Crippen LogP contribution in [0, 0.1) is 0 Å². The number of hydrogen-bond acceptors (Lipinski definition) is 7. The first kappa shape index (κ1) is 21.0. The summed E-state index contributed by atoms with van der Waals surface area (Å²) >= 11 is 0. The Kier molecular flexibility index (Phi) is 5.43. The van der Waals surface area contributed by atoms with E-state index in [0.717, 1.165) is 54.3 Å². The molecule has 0 saturated heterocycles. The van der Waals surface area contributed by atoms with E-state index in [2.05, 4.69) is 33.4 Å². The van der Waals surface area contributed by atoms with Crippen molar-refractivity contribution in [2.24, 2.45) is 5.84 Å². The summed E-state index contributed by atoms with van der Waals surface area (Å²) in [5.41, 5.74) is 14.1. The van der Waals surface area contributed by atoms with Crippen LogP contribution in [0.1, 0.15) is 24.5 Å². The number of nitrogens with zero attached hydrogens (tertiary/aromatic N) is 1. The van der Waals surface area contributed by atoms with Crippen molar-refractivity contribution < 1.29 is 4.79 Å². The fraction of sp³-hybridized carbons (Fsp3) is 0.240. The van der Waals surface area contributed by atoms with Crippen LogP contribution in [-0.2, 0) is 11.2 Å². The van der Waals surface area contributed by atoms with Crippen LogP contribution < -0.4 is 32.8 Å². The Labute approximate surface area is 193 Å². The summed E-state index contributed by atoms with van der Waals surface area (Å²) in [4.78, 5) is 12.5. The lowest BCUT2D eigenvalue weighted by Gasteiger charge is -2.29. The van der Waals surface area contributed by atoms with Gasteiger partial charge in [0.2, 0.25) is 0 Å². The molecule has 5 rings (SSSR count). The largest absolute Gasteiger partial charge is 0.399 e. The van der Waals surface area contributed by atoms with E-state index in [4.69, 9.17) is 11.6 Å². The molecule has 0 bridgehead atoms. The van der Waals surface area contributed by atoms with Crippen LogP contribution in [0.4, 0.5) is 17.1 Å². The Balaban J connectivity index is 1.25. The molecule has 0 radical (unpaired) electrons. The van der Waals surface area contributed by atoms with E-state index in [0.29, 0.717) is 17.3 Å². The van der Waals surface area contributed by atoms with E-state index < -0.39 is 0 Å². The molecule has 3 aliphatic heterocycles. The highest BCUT2D eigenvalue weighted by atomic mass is 16.2. The van der Waals surface area contributed by atoms with E-state index in [1.807, 2.05) is 43.5 Å². The van der Waals surface area contributed by atoms with Crippen LogP contribution in [-0.4, -0.2) is 30.0 Å². The van der Waals surface area contributed by atoms with Gasteiger partial charge >= 0.3 is 0 Å². The molecule has 8 heteroatoms. The van der Waals surface area contributed by atoms with Crippen molar-refractivity contribution in [3.8, 4) is 0 Å². The van der Waals surface area contributed by atoms with Crippen molar-refractivity contribution in [2.45, 2.75) is 25.8 Å². The van der Waals surface area contributed by atoms with Crippen LogP contribution in [0.3, 0.4) is 0 Å². The summed E-state index contributed by atoms with van der Waals surface area (Å²) < 4.78 is 0. The maximum absolute atomic E-state index is 12.5. The first-order valence-corrected chi connectivity index (χ1v) is 11.2. The summed E-state index contributed by atoms with van der Waals surface area (Å²) in [6, 6.07) is 14.1. The Bertz CT molecular complexity index is 1180. The number of amides is 1. The van der Waals surface area contributed by atoms with Gasteiger partial charge in [0.05, 0.1) is 11.3 Å². The minimum Gasteiger partial charge on any atom is -0.399 e. The average molecular weight is 444 g/mol. The van der Waals surface area contributed by atoms with E-state index in [1.54, 1.807) is 11.1 Å². The van der Waals surface area contributed by atoms with Crippen LogP contribution in [0.25, 0.3) is 5.57 Å². The van der Waals surface area contributed by atoms with Gasteiger partial charge in [0.25, 0.3) is 5.91 Å². The van der Waals surface area contributed by atoms with Crippen molar-refractivity contribution in [3.63, 3.8) is 0 Å². The third kappa shape index (κ3) is 4.38. The number of hydrogen-bond donors (Lipinski definition) is 6. The van der Waals surface area contributed by atoms with Crippen molar-refractivity contribution in [3.05, 3.63) is 83.0 Å². The molecule has 0 aliphatic carbocycles. The van der Waals surface area contributed by atoms with Crippen molar-refractivity contribution >= 4 is 28.5 Å². The number of nitrogens with one attached hydrogen (secondary N) is 4. The van der Waals surface area contributed by atoms with Crippen LogP contribution in [0.15, 0.2) is 71.8 Å². The molecule has 2 aromatic carbocycles. The average Bonchev–Trinajstić information content (AvgIpc) is 3.01. The van der Waals surface area contributed by atoms with Gasteiger partial charge in [-0.05, 0) is 55.3 Å². The maximum atomic E-state index is 12.5. The zero-order chi connectivity index (χ0) is 22.9. The SMILES string of the molecule is CC(Nc1ccc(CC2CNC3=C(CCN(N)C=C3)N2)cc1)=C1C(=O)Nc2ccc(N)cc21. The smallest absolute Gasteiger partial charge is 0.258 e. The van der Waals surface area contributed by atoms with Gasteiger partial charge in [0.15, 0.2) is 0 Å². The van der Waals surface area contributed by atoms with Crippen LogP contribution >= 0.6 is 0 Å². The third-order valence-corrected chi connectivity index (χ3v) is 6.23. The number of fused-ring (bicyclic) bond motifs is 1. The number of carbonyl (C=O) groups is 1. The molecule has 0 fully saturated rings. The molecule has 2 aromatic rings. The second-order valence-corrected chi connectivity index (χ2v) is 8.70.